The zero-order valence-corrected chi connectivity index (χ0v) is 20.1. The highest BCUT2D eigenvalue weighted by molar-refractivity contribution is 7.98. The molecule has 2 amide bonds. The van der Waals surface area contributed by atoms with Crippen LogP contribution >= 0.6 is 11.8 Å². The molecule has 1 saturated carbocycles. The molecule has 10 nitrogen and oxygen atoms in total. The lowest BCUT2D eigenvalue weighted by molar-refractivity contribution is -0.154. The molecule has 3 N–H and O–H groups in total. The number of nitrogens with zero attached hydrogens (tertiary/aromatic N) is 5. The second-order valence-corrected chi connectivity index (χ2v) is 9.32. The van der Waals surface area contributed by atoms with Crippen LogP contribution in [-0.4, -0.2) is 83.0 Å². The monoisotopic (exact) mass is 483 g/mol. The van der Waals surface area contributed by atoms with Gasteiger partial charge in [0.05, 0.1) is 12.5 Å². The number of piperazine rings is 1. The van der Waals surface area contributed by atoms with Crippen LogP contribution in [0.2, 0.25) is 0 Å². The Bertz CT molecular complexity index is 804. The third kappa shape index (κ3) is 6.90. The Morgan fingerprint density at radius 3 is 2.61 bits per heavy atom. The second-order valence-electron chi connectivity index (χ2n) is 8.54. The van der Waals surface area contributed by atoms with E-state index in [-0.39, 0.29) is 24.6 Å². The molecule has 0 aromatic carbocycles. The van der Waals surface area contributed by atoms with Crippen molar-refractivity contribution in [3.63, 3.8) is 0 Å². The molecule has 2 aliphatic rings. The van der Waals surface area contributed by atoms with Crippen LogP contribution in [0.5, 0.6) is 0 Å². The Morgan fingerprint density at radius 2 is 2.00 bits per heavy atom. The predicted octanol–water partition coefficient (Wildman–Crippen LogP) is 1.97. The van der Waals surface area contributed by atoms with E-state index in [0.29, 0.717) is 35.6 Å². The first-order chi connectivity index (χ1) is 15.9. The molecular weight excluding hydrogens is 449 g/mol. The largest absolute Gasteiger partial charge is 0.351 e. The van der Waals surface area contributed by atoms with Crippen molar-refractivity contribution in [2.24, 2.45) is 11.8 Å². The minimum absolute atomic E-state index is 0.105. The van der Waals surface area contributed by atoms with E-state index in [4.69, 9.17) is 0 Å². The van der Waals surface area contributed by atoms with Crippen LogP contribution in [0.4, 0.5) is 16.0 Å². The Labute approximate surface area is 198 Å². The van der Waals surface area contributed by atoms with Crippen LogP contribution in [0, 0.1) is 17.7 Å². The molecule has 33 heavy (non-hydrogen) atoms. The zero-order chi connectivity index (χ0) is 23.8. The van der Waals surface area contributed by atoms with Gasteiger partial charge < -0.3 is 9.80 Å². The topological polar surface area (TPSA) is 114 Å². The molecule has 12 heteroatoms. The quantitative estimate of drug-likeness (QED) is 0.143. The molecular formula is C21H34FN7O3S. The summed E-state index contributed by atoms with van der Waals surface area (Å²) in [6, 6.07) is 0. The lowest BCUT2D eigenvalue weighted by Crippen LogP contribution is -2.47. The van der Waals surface area contributed by atoms with Gasteiger partial charge in [0.1, 0.15) is 0 Å². The fraction of sp³-hybridized carbons (Fsp3) is 0.714. The number of hydrogen-bond donors (Lipinski definition) is 3. The second kappa shape index (κ2) is 12.3. The number of hydroxylamine groups is 2. The number of rotatable bonds is 11. The number of hydrogen-bond acceptors (Lipinski definition) is 9. The molecule has 2 heterocycles. The number of carbonyl (C=O) groups is 2. The highest BCUT2D eigenvalue weighted by Crippen LogP contribution is 2.31. The molecule has 1 saturated heterocycles. The fourth-order valence-electron chi connectivity index (χ4n) is 4.48. The summed E-state index contributed by atoms with van der Waals surface area (Å²) in [4.78, 5) is 36.5. The Hall–Kier alpha value is -2.18. The van der Waals surface area contributed by atoms with Crippen molar-refractivity contribution in [2.75, 3.05) is 55.9 Å². The molecule has 1 aromatic rings. The van der Waals surface area contributed by atoms with E-state index in [2.05, 4.69) is 32.6 Å². The van der Waals surface area contributed by atoms with E-state index in [1.165, 1.54) is 11.8 Å². The third-order valence-corrected chi connectivity index (χ3v) is 6.96. The van der Waals surface area contributed by atoms with Gasteiger partial charge >= 0.3 is 0 Å². The van der Waals surface area contributed by atoms with Gasteiger partial charge in [-0.2, -0.15) is 4.39 Å². The number of halogens is 1. The summed E-state index contributed by atoms with van der Waals surface area (Å²) >= 11 is 1.29. The normalized spacial score (nSPS) is 18.2. The maximum absolute atomic E-state index is 15.3. The van der Waals surface area contributed by atoms with E-state index in [9.17, 15) is 14.8 Å². The summed E-state index contributed by atoms with van der Waals surface area (Å²) < 4.78 is 15.3. The number of carbonyl (C=O) groups excluding carboxylic acids is 2. The summed E-state index contributed by atoms with van der Waals surface area (Å²) in [5.41, 5.74) is 5.15. The predicted molar refractivity (Wildman–Crippen MR) is 124 cm³/mol. The highest BCUT2D eigenvalue weighted by Gasteiger charge is 2.28. The first-order valence-corrected chi connectivity index (χ1v) is 12.7. The van der Waals surface area contributed by atoms with Gasteiger partial charge in [-0.3, -0.25) is 25.6 Å². The van der Waals surface area contributed by atoms with Crippen LogP contribution in [-0.2, 0) is 9.59 Å². The molecule has 0 spiro atoms. The minimum Gasteiger partial charge on any atom is -0.351 e. The van der Waals surface area contributed by atoms with E-state index >= 15 is 4.39 Å². The molecule has 1 aliphatic heterocycles. The van der Waals surface area contributed by atoms with Crippen molar-refractivity contribution in [2.45, 2.75) is 44.2 Å². The fourth-order valence-corrected chi connectivity index (χ4v) is 4.84. The van der Waals surface area contributed by atoms with Crippen molar-refractivity contribution in [1.29, 1.82) is 0 Å². The van der Waals surface area contributed by atoms with Gasteiger partial charge in [-0.25, -0.2) is 15.0 Å². The van der Waals surface area contributed by atoms with Crippen molar-refractivity contribution in [1.82, 2.24) is 25.4 Å². The summed E-state index contributed by atoms with van der Waals surface area (Å²) in [6.45, 7) is 5.89. The van der Waals surface area contributed by atoms with Crippen LogP contribution < -0.4 is 15.8 Å². The first-order valence-electron chi connectivity index (χ1n) is 11.5. The summed E-state index contributed by atoms with van der Waals surface area (Å²) in [5, 5.41) is 10.5. The number of likely N-dealkylation sites (N-methyl/N-ethyl adjacent to an activating group) is 1. The van der Waals surface area contributed by atoms with E-state index in [1.54, 1.807) is 6.26 Å². The SMILES string of the molecule is CCN1CCN(c2nc(SC)nc(NNC(=O)[C@@H](CC3CCCC3)CN(O)C=O)c2F)CC1. The van der Waals surface area contributed by atoms with Crippen molar-refractivity contribution < 1.29 is 19.2 Å². The highest BCUT2D eigenvalue weighted by atomic mass is 32.2. The molecule has 0 unspecified atom stereocenters. The van der Waals surface area contributed by atoms with Gasteiger partial charge in [0.2, 0.25) is 18.1 Å². The average molecular weight is 484 g/mol. The standard InChI is InChI=1S/C21H34FN7O3S/c1-3-27-8-10-28(11-9-27)19-17(22)18(23-21(24-19)33-2)25-26-20(31)16(13-29(32)14-30)12-15-6-4-5-7-15/h14-16,32H,3-13H2,1-2H3,(H,26,31)(H,23,24,25)/t16-/m0/s1. The molecule has 1 aromatic heterocycles. The van der Waals surface area contributed by atoms with Crippen LogP contribution in [0.3, 0.4) is 0 Å². The number of hydrazine groups is 1. The van der Waals surface area contributed by atoms with Gasteiger partial charge in [-0.1, -0.05) is 44.4 Å². The lowest BCUT2D eigenvalue weighted by Gasteiger charge is -2.35. The Kier molecular flexibility index (Phi) is 9.51. The maximum Gasteiger partial charge on any atom is 0.243 e. The van der Waals surface area contributed by atoms with Gasteiger partial charge in [-0.15, -0.1) is 0 Å². The summed E-state index contributed by atoms with van der Waals surface area (Å²) in [5.74, 6) is -1.19. The number of nitrogens with one attached hydrogen (secondary N) is 2. The van der Waals surface area contributed by atoms with Crippen molar-refractivity contribution in [3.8, 4) is 0 Å². The number of thioether (sulfide) groups is 1. The number of aromatic nitrogens is 2. The third-order valence-electron chi connectivity index (χ3n) is 6.41. The lowest BCUT2D eigenvalue weighted by atomic mass is 9.92. The van der Waals surface area contributed by atoms with E-state index < -0.39 is 17.6 Å². The Morgan fingerprint density at radius 1 is 1.30 bits per heavy atom. The molecule has 2 fully saturated rings. The smallest absolute Gasteiger partial charge is 0.243 e. The number of anilines is 2. The van der Waals surface area contributed by atoms with Gasteiger partial charge in [0.25, 0.3) is 0 Å². The Balaban J connectivity index is 1.70. The van der Waals surface area contributed by atoms with Crippen molar-refractivity contribution >= 4 is 35.7 Å². The molecule has 1 atom stereocenters. The molecule has 0 radical (unpaired) electrons. The first kappa shape index (κ1) is 25.4. The molecule has 184 valence electrons. The minimum atomic E-state index is -0.623. The summed E-state index contributed by atoms with van der Waals surface area (Å²) in [6.07, 6.45) is 6.92. The van der Waals surface area contributed by atoms with Gasteiger partial charge in [0.15, 0.2) is 16.8 Å². The van der Waals surface area contributed by atoms with E-state index in [0.717, 1.165) is 45.3 Å². The maximum atomic E-state index is 15.3. The molecule has 3 rings (SSSR count). The van der Waals surface area contributed by atoms with Crippen LogP contribution in [0.15, 0.2) is 5.16 Å². The summed E-state index contributed by atoms with van der Waals surface area (Å²) in [7, 11) is 0. The van der Waals surface area contributed by atoms with E-state index in [1.807, 2.05) is 4.90 Å². The van der Waals surface area contributed by atoms with Crippen molar-refractivity contribution in [3.05, 3.63) is 5.82 Å². The van der Waals surface area contributed by atoms with Crippen LogP contribution in [0.1, 0.15) is 39.0 Å². The van der Waals surface area contributed by atoms with Crippen LogP contribution in [0.25, 0.3) is 0 Å². The van der Waals surface area contributed by atoms with Gasteiger partial charge in [0, 0.05) is 26.2 Å². The average Bonchev–Trinajstić information content (AvgIpc) is 3.36. The molecule has 0 bridgehead atoms. The number of amides is 2. The zero-order valence-electron chi connectivity index (χ0n) is 19.3. The molecule has 1 aliphatic carbocycles. The van der Waals surface area contributed by atoms with Gasteiger partial charge in [-0.05, 0) is 25.1 Å².